The van der Waals surface area contributed by atoms with Gasteiger partial charge in [-0.2, -0.15) is 0 Å². The van der Waals surface area contributed by atoms with E-state index in [-0.39, 0.29) is 31.6 Å². The molecule has 5 nitrogen and oxygen atoms in total. The van der Waals surface area contributed by atoms with Gasteiger partial charge in [0.25, 0.3) is 0 Å². The summed E-state index contributed by atoms with van der Waals surface area (Å²) in [4.78, 5) is 15.6. The number of aliphatic hydroxyl groups excluding tert-OH is 1. The molecule has 122 valence electrons. The van der Waals surface area contributed by atoms with E-state index in [1.807, 2.05) is 24.3 Å². The molecule has 2 rings (SSSR count). The Kier molecular flexibility index (Phi) is 5.74. The van der Waals surface area contributed by atoms with Gasteiger partial charge in [-0.1, -0.05) is 12.1 Å². The van der Waals surface area contributed by atoms with Crippen LogP contribution in [-0.2, 0) is 11.3 Å². The number of methoxy groups -OCH3 is 1. The average molecular weight is 310 g/mol. The van der Waals surface area contributed by atoms with E-state index < -0.39 is 6.17 Å². The Balaban J connectivity index is 1.88. The molecule has 1 aliphatic rings. The summed E-state index contributed by atoms with van der Waals surface area (Å²) in [6.07, 6.45) is -0.664. The lowest BCUT2D eigenvalue weighted by molar-refractivity contribution is -0.132. The number of halogens is 1. The van der Waals surface area contributed by atoms with Gasteiger partial charge in [-0.25, -0.2) is 4.39 Å². The van der Waals surface area contributed by atoms with Gasteiger partial charge in [0.05, 0.1) is 20.3 Å². The molecule has 0 spiro atoms. The number of ether oxygens (including phenoxy) is 1. The van der Waals surface area contributed by atoms with Crippen molar-refractivity contribution in [2.45, 2.75) is 25.2 Å². The normalized spacial score (nSPS) is 21.8. The highest BCUT2D eigenvalue weighted by Gasteiger charge is 2.33. The first kappa shape index (κ1) is 16.7. The third-order valence-corrected chi connectivity index (χ3v) is 4.03. The van der Waals surface area contributed by atoms with E-state index in [9.17, 15) is 14.3 Å². The van der Waals surface area contributed by atoms with Crippen LogP contribution in [0.4, 0.5) is 4.39 Å². The Morgan fingerprint density at radius 1 is 1.45 bits per heavy atom. The molecular formula is C16H23FN2O3. The predicted molar refractivity (Wildman–Crippen MR) is 81.4 cm³/mol. The zero-order valence-corrected chi connectivity index (χ0v) is 13.0. The van der Waals surface area contributed by atoms with E-state index in [1.54, 1.807) is 24.0 Å². The molecule has 0 aromatic heterocycles. The van der Waals surface area contributed by atoms with Crippen molar-refractivity contribution in [3.8, 4) is 5.75 Å². The number of alkyl halides is 1. The molecule has 1 heterocycles. The third-order valence-electron chi connectivity index (χ3n) is 4.03. The van der Waals surface area contributed by atoms with Gasteiger partial charge in [0.2, 0.25) is 5.91 Å². The van der Waals surface area contributed by atoms with Gasteiger partial charge >= 0.3 is 0 Å². The van der Waals surface area contributed by atoms with Crippen molar-refractivity contribution >= 4 is 5.91 Å². The van der Waals surface area contributed by atoms with E-state index in [0.29, 0.717) is 13.0 Å². The van der Waals surface area contributed by atoms with Gasteiger partial charge in [0.15, 0.2) is 0 Å². The lowest BCUT2D eigenvalue weighted by Crippen LogP contribution is -2.41. The van der Waals surface area contributed by atoms with Gasteiger partial charge in [-0.15, -0.1) is 0 Å². The van der Waals surface area contributed by atoms with Crippen molar-refractivity contribution in [1.82, 2.24) is 9.80 Å². The fourth-order valence-electron chi connectivity index (χ4n) is 2.69. The van der Waals surface area contributed by atoms with Crippen molar-refractivity contribution in [3.63, 3.8) is 0 Å². The van der Waals surface area contributed by atoms with Crippen molar-refractivity contribution in [2.24, 2.45) is 0 Å². The van der Waals surface area contributed by atoms with Crippen LogP contribution in [0.15, 0.2) is 24.3 Å². The summed E-state index contributed by atoms with van der Waals surface area (Å²) in [7, 11) is 3.33. The summed E-state index contributed by atoms with van der Waals surface area (Å²) in [5.74, 6) is 0.693. The smallest absolute Gasteiger partial charge is 0.236 e. The number of carbonyl (C=O) groups is 1. The number of nitrogens with zero attached hydrogens (tertiary/aromatic N) is 2. The minimum absolute atomic E-state index is 0.0802. The number of rotatable bonds is 6. The second kappa shape index (κ2) is 7.56. The van der Waals surface area contributed by atoms with Crippen LogP contribution >= 0.6 is 0 Å². The van der Waals surface area contributed by atoms with Crippen LogP contribution in [-0.4, -0.2) is 66.9 Å². The Labute approximate surface area is 130 Å². The maximum Gasteiger partial charge on any atom is 0.236 e. The summed E-state index contributed by atoms with van der Waals surface area (Å²) < 4.78 is 18.5. The van der Waals surface area contributed by atoms with Gasteiger partial charge in [0, 0.05) is 26.2 Å². The molecule has 0 saturated carbocycles. The third kappa shape index (κ3) is 4.18. The highest BCUT2D eigenvalue weighted by atomic mass is 19.1. The summed E-state index contributed by atoms with van der Waals surface area (Å²) in [6, 6.07) is 7.26. The molecule has 1 aliphatic heterocycles. The number of amides is 1. The summed E-state index contributed by atoms with van der Waals surface area (Å²) in [5.41, 5.74) is 1.00. The maximum atomic E-state index is 13.4. The molecule has 0 unspecified atom stereocenters. The Morgan fingerprint density at radius 2 is 2.14 bits per heavy atom. The first-order chi connectivity index (χ1) is 10.5. The van der Waals surface area contributed by atoms with Gasteiger partial charge in [-0.05, 0) is 24.1 Å². The van der Waals surface area contributed by atoms with Gasteiger partial charge in [0.1, 0.15) is 11.9 Å². The van der Waals surface area contributed by atoms with E-state index in [0.717, 1.165) is 11.3 Å². The van der Waals surface area contributed by atoms with E-state index in [1.165, 1.54) is 0 Å². The fourth-order valence-corrected chi connectivity index (χ4v) is 2.69. The lowest BCUT2D eigenvalue weighted by Gasteiger charge is -2.25. The number of carbonyl (C=O) groups excluding carboxylic acids is 1. The zero-order valence-electron chi connectivity index (χ0n) is 13.0. The molecule has 6 heteroatoms. The van der Waals surface area contributed by atoms with Gasteiger partial charge < -0.3 is 14.7 Å². The zero-order chi connectivity index (χ0) is 16.1. The minimum atomic E-state index is -0.961. The second-order valence-electron chi connectivity index (χ2n) is 5.70. The lowest BCUT2D eigenvalue weighted by atomic mass is 10.2. The van der Waals surface area contributed by atoms with Crippen molar-refractivity contribution in [2.75, 3.05) is 33.9 Å². The first-order valence-electron chi connectivity index (χ1n) is 7.39. The molecule has 2 atom stereocenters. The topological polar surface area (TPSA) is 53.0 Å². The van der Waals surface area contributed by atoms with Crippen LogP contribution in [0.3, 0.4) is 0 Å². The highest BCUT2D eigenvalue weighted by Crippen LogP contribution is 2.20. The van der Waals surface area contributed by atoms with Gasteiger partial charge in [-0.3, -0.25) is 9.69 Å². The first-order valence-corrected chi connectivity index (χ1v) is 7.39. The van der Waals surface area contributed by atoms with Crippen LogP contribution in [0.5, 0.6) is 5.75 Å². The second-order valence-corrected chi connectivity index (χ2v) is 5.70. The van der Waals surface area contributed by atoms with Crippen LogP contribution in [0.1, 0.15) is 12.0 Å². The predicted octanol–water partition coefficient (Wildman–Crippen LogP) is 1.06. The molecule has 1 aromatic rings. The molecule has 1 aromatic carbocycles. The summed E-state index contributed by atoms with van der Waals surface area (Å²) >= 11 is 0. The Hall–Kier alpha value is -1.66. The largest absolute Gasteiger partial charge is 0.497 e. The van der Waals surface area contributed by atoms with Crippen molar-refractivity contribution in [1.29, 1.82) is 0 Å². The number of likely N-dealkylation sites (N-methyl/N-ethyl adjacent to an activating group) is 1. The van der Waals surface area contributed by atoms with Crippen molar-refractivity contribution in [3.05, 3.63) is 29.8 Å². The van der Waals surface area contributed by atoms with Crippen molar-refractivity contribution < 1.29 is 19.0 Å². The number of hydrogen-bond acceptors (Lipinski definition) is 4. The number of hydrogen-bond donors (Lipinski definition) is 1. The molecule has 0 aliphatic carbocycles. The monoisotopic (exact) mass is 310 g/mol. The average Bonchev–Trinajstić information content (AvgIpc) is 2.87. The van der Waals surface area contributed by atoms with Crippen LogP contribution in [0.25, 0.3) is 0 Å². The summed E-state index contributed by atoms with van der Waals surface area (Å²) in [6.45, 7) is 0.723. The molecule has 1 saturated heterocycles. The van der Waals surface area contributed by atoms with Crippen LogP contribution in [0.2, 0.25) is 0 Å². The molecule has 1 N–H and O–H groups in total. The highest BCUT2D eigenvalue weighted by molar-refractivity contribution is 5.78. The molecular weight excluding hydrogens is 287 g/mol. The fraction of sp³-hybridized carbons (Fsp3) is 0.562. The minimum Gasteiger partial charge on any atom is -0.497 e. The molecule has 1 fully saturated rings. The van der Waals surface area contributed by atoms with Crippen LogP contribution < -0.4 is 4.74 Å². The summed E-state index contributed by atoms with van der Waals surface area (Å²) in [5, 5.41) is 9.25. The number of aliphatic hydroxyl groups is 1. The van der Waals surface area contributed by atoms with Crippen LogP contribution in [0, 0.1) is 0 Å². The Bertz CT molecular complexity index is 495. The van der Waals surface area contributed by atoms with E-state index in [2.05, 4.69) is 0 Å². The molecule has 1 amide bonds. The Morgan fingerprint density at radius 3 is 2.73 bits per heavy atom. The van der Waals surface area contributed by atoms with E-state index >= 15 is 0 Å². The number of benzene rings is 1. The number of likely N-dealkylation sites (tertiary alicyclic amines) is 1. The van der Waals surface area contributed by atoms with E-state index in [4.69, 9.17) is 4.74 Å². The SMILES string of the molecule is COc1ccc(CN(C)C(=O)CN2C[C@@H](F)C[C@H]2CO)cc1. The maximum absolute atomic E-state index is 13.4. The quantitative estimate of drug-likeness (QED) is 0.853. The standard InChI is InChI=1S/C16H23FN2O3/c1-18(8-12-3-5-15(22-2)6-4-12)16(21)10-19-9-13(17)7-14(19)11-20/h3-6,13-14,20H,7-11H2,1-2H3/t13-,14-/m0/s1. The molecule has 0 bridgehead atoms. The molecule has 0 radical (unpaired) electrons. The molecule has 22 heavy (non-hydrogen) atoms.